The van der Waals surface area contributed by atoms with E-state index in [4.69, 9.17) is 9.47 Å². The van der Waals surface area contributed by atoms with Crippen LogP contribution in [0.5, 0.6) is 11.5 Å². The minimum absolute atomic E-state index is 0.126. The monoisotopic (exact) mass is 395 g/mol. The van der Waals surface area contributed by atoms with E-state index in [9.17, 15) is 9.59 Å². The van der Waals surface area contributed by atoms with Gasteiger partial charge in [-0.05, 0) is 36.2 Å². The number of piperazine rings is 1. The number of nitrogens with one attached hydrogen (secondary N) is 1. The molecule has 2 aliphatic heterocycles. The van der Waals surface area contributed by atoms with Crippen LogP contribution in [0.1, 0.15) is 17.5 Å². The molecule has 2 amide bonds. The lowest BCUT2D eigenvalue weighted by Gasteiger charge is -2.34. The van der Waals surface area contributed by atoms with Crippen LogP contribution in [0.4, 0.5) is 5.69 Å². The molecular weight excluding hydrogens is 370 g/mol. The first-order valence-corrected chi connectivity index (χ1v) is 9.82. The Kier molecular flexibility index (Phi) is 5.67. The summed E-state index contributed by atoms with van der Waals surface area (Å²) < 4.78 is 10.8. The molecule has 0 saturated carbocycles. The van der Waals surface area contributed by atoms with Gasteiger partial charge in [-0.3, -0.25) is 14.5 Å². The topological polar surface area (TPSA) is 71.1 Å². The number of rotatable bonds is 5. The predicted octanol–water partition coefficient (Wildman–Crippen LogP) is 2.40. The Morgan fingerprint density at radius 3 is 2.55 bits per heavy atom. The van der Waals surface area contributed by atoms with Crippen molar-refractivity contribution in [2.75, 3.05) is 38.3 Å². The fourth-order valence-electron chi connectivity index (χ4n) is 3.61. The van der Waals surface area contributed by atoms with Gasteiger partial charge in [0.1, 0.15) is 6.42 Å². The van der Waals surface area contributed by atoms with Crippen LogP contribution in [-0.4, -0.2) is 54.6 Å². The Morgan fingerprint density at radius 1 is 1.00 bits per heavy atom. The summed E-state index contributed by atoms with van der Waals surface area (Å²) in [5.41, 5.74) is 2.89. The molecule has 1 N–H and O–H groups in total. The zero-order valence-electron chi connectivity index (χ0n) is 16.5. The summed E-state index contributed by atoms with van der Waals surface area (Å²) in [6, 6.07) is 13.5. The smallest absolute Gasteiger partial charge is 0.233 e. The first-order valence-electron chi connectivity index (χ1n) is 9.82. The van der Waals surface area contributed by atoms with Crippen molar-refractivity contribution in [3.05, 3.63) is 53.6 Å². The fourth-order valence-corrected chi connectivity index (χ4v) is 3.61. The molecule has 2 aliphatic rings. The highest BCUT2D eigenvalue weighted by molar-refractivity contribution is 6.03. The highest BCUT2D eigenvalue weighted by atomic mass is 16.7. The number of anilines is 1. The number of para-hydroxylation sites is 1. The summed E-state index contributed by atoms with van der Waals surface area (Å²) in [6.45, 7) is 5.81. The van der Waals surface area contributed by atoms with E-state index in [-0.39, 0.29) is 25.0 Å². The average Bonchev–Trinajstić information content (AvgIpc) is 3.18. The molecular formula is C22H25N3O4. The summed E-state index contributed by atoms with van der Waals surface area (Å²) in [5, 5.41) is 2.82. The van der Waals surface area contributed by atoms with Gasteiger partial charge in [-0.25, -0.2) is 0 Å². The van der Waals surface area contributed by atoms with E-state index in [1.807, 2.05) is 49.4 Å². The van der Waals surface area contributed by atoms with E-state index in [0.717, 1.165) is 47.9 Å². The SMILES string of the molecule is Cc1ccccc1NC(=O)CC(=O)N1CCN(Cc2ccc3c(c2)OCO3)CC1. The molecule has 0 radical (unpaired) electrons. The van der Waals surface area contributed by atoms with Crippen molar-refractivity contribution in [3.8, 4) is 11.5 Å². The van der Waals surface area contributed by atoms with Crippen LogP contribution in [0.3, 0.4) is 0 Å². The molecule has 0 unspecified atom stereocenters. The second-order valence-corrected chi connectivity index (χ2v) is 7.38. The predicted molar refractivity (Wildman–Crippen MR) is 109 cm³/mol. The van der Waals surface area contributed by atoms with Gasteiger partial charge in [0.25, 0.3) is 0 Å². The van der Waals surface area contributed by atoms with Gasteiger partial charge in [0.05, 0.1) is 0 Å². The molecule has 0 bridgehead atoms. The molecule has 0 aromatic heterocycles. The standard InChI is InChI=1S/C22H25N3O4/c1-16-4-2-3-5-18(16)23-21(26)13-22(27)25-10-8-24(9-11-25)14-17-6-7-19-20(12-17)29-15-28-19/h2-7,12H,8-11,13-15H2,1H3,(H,23,26). The van der Waals surface area contributed by atoms with Gasteiger partial charge in [-0.1, -0.05) is 24.3 Å². The molecule has 1 fully saturated rings. The number of benzene rings is 2. The summed E-state index contributed by atoms with van der Waals surface area (Å²) in [7, 11) is 0. The van der Waals surface area contributed by atoms with Crippen LogP contribution in [0, 0.1) is 6.92 Å². The Hall–Kier alpha value is -3.06. The molecule has 29 heavy (non-hydrogen) atoms. The van der Waals surface area contributed by atoms with Gasteiger partial charge in [-0.15, -0.1) is 0 Å². The van der Waals surface area contributed by atoms with Gasteiger partial charge in [0.15, 0.2) is 11.5 Å². The van der Waals surface area contributed by atoms with Crippen molar-refractivity contribution >= 4 is 17.5 Å². The van der Waals surface area contributed by atoms with Crippen LogP contribution in [0.15, 0.2) is 42.5 Å². The Labute approximate surface area is 170 Å². The van der Waals surface area contributed by atoms with E-state index >= 15 is 0 Å². The van der Waals surface area contributed by atoms with Crippen molar-refractivity contribution in [2.24, 2.45) is 0 Å². The van der Waals surface area contributed by atoms with Crippen molar-refractivity contribution in [1.82, 2.24) is 9.80 Å². The van der Waals surface area contributed by atoms with Crippen LogP contribution >= 0.6 is 0 Å². The van der Waals surface area contributed by atoms with Crippen molar-refractivity contribution in [1.29, 1.82) is 0 Å². The third kappa shape index (κ3) is 4.68. The van der Waals surface area contributed by atoms with Crippen LogP contribution in [0.2, 0.25) is 0 Å². The summed E-state index contributed by atoms with van der Waals surface area (Å²) >= 11 is 0. The number of fused-ring (bicyclic) bond motifs is 1. The fraction of sp³-hybridized carbons (Fsp3) is 0.364. The molecule has 0 spiro atoms. The Morgan fingerprint density at radius 2 is 1.76 bits per heavy atom. The van der Waals surface area contributed by atoms with E-state index < -0.39 is 0 Å². The molecule has 0 aliphatic carbocycles. The van der Waals surface area contributed by atoms with E-state index in [0.29, 0.717) is 13.1 Å². The maximum absolute atomic E-state index is 12.5. The van der Waals surface area contributed by atoms with Crippen LogP contribution in [-0.2, 0) is 16.1 Å². The van der Waals surface area contributed by atoms with Gasteiger partial charge in [-0.2, -0.15) is 0 Å². The molecule has 152 valence electrons. The third-order valence-corrected chi connectivity index (χ3v) is 5.30. The molecule has 4 rings (SSSR count). The number of hydrogen-bond acceptors (Lipinski definition) is 5. The lowest BCUT2D eigenvalue weighted by molar-refractivity contribution is -0.136. The first kappa shape index (κ1) is 19.3. The second-order valence-electron chi connectivity index (χ2n) is 7.38. The maximum Gasteiger partial charge on any atom is 0.233 e. The Bertz CT molecular complexity index is 907. The lowest BCUT2D eigenvalue weighted by atomic mass is 10.1. The van der Waals surface area contributed by atoms with Crippen molar-refractivity contribution in [3.63, 3.8) is 0 Å². The Balaban J connectivity index is 1.24. The molecule has 2 aromatic rings. The van der Waals surface area contributed by atoms with Gasteiger partial charge < -0.3 is 19.7 Å². The quantitative estimate of drug-likeness (QED) is 0.788. The number of ether oxygens (including phenoxy) is 2. The first-order chi connectivity index (χ1) is 14.1. The number of carbonyl (C=O) groups excluding carboxylic acids is 2. The van der Waals surface area contributed by atoms with Gasteiger partial charge >= 0.3 is 0 Å². The molecule has 1 saturated heterocycles. The third-order valence-electron chi connectivity index (χ3n) is 5.30. The van der Waals surface area contributed by atoms with Gasteiger partial charge in [0, 0.05) is 38.4 Å². The zero-order valence-corrected chi connectivity index (χ0v) is 16.5. The number of aryl methyl sites for hydroxylation is 1. The summed E-state index contributed by atoms with van der Waals surface area (Å²) in [6.07, 6.45) is -0.128. The summed E-state index contributed by atoms with van der Waals surface area (Å²) in [5.74, 6) is 1.18. The number of hydrogen-bond donors (Lipinski definition) is 1. The molecule has 7 heteroatoms. The second kappa shape index (κ2) is 8.53. The highest BCUT2D eigenvalue weighted by Gasteiger charge is 2.23. The largest absolute Gasteiger partial charge is 0.454 e. The van der Waals surface area contributed by atoms with E-state index in [1.165, 1.54) is 0 Å². The highest BCUT2D eigenvalue weighted by Crippen LogP contribution is 2.32. The van der Waals surface area contributed by atoms with Crippen molar-refractivity contribution in [2.45, 2.75) is 19.9 Å². The average molecular weight is 395 g/mol. The number of amides is 2. The minimum atomic E-state index is -0.271. The normalized spacial score (nSPS) is 16.0. The minimum Gasteiger partial charge on any atom is -0.454 e. The van der Waals surface area contributed by atoms with Crippen LogP contribution < -0.4 is 14.8 Å². The molecule has 2 heterocycles. The van der Waals surface area contributed by atoms with Crippen molar-refractivity contribution < 1.29 is 19.1 Å². The lowest BCUT2D eigenvalue weighted by Crippen LogP contribution is -2.48. The van der Waals surface area contributed by atoms with Gasteiger partial charge in [0.2, 0.25) is 18.6 Å². The van der Waals surface area contributed by atoms with E-state index in [1.54, 1.807) is 4.90 Å². The molecule has 7 nitrogen and oxygen atoms in total. The molecule has 0 atom stereocenters. The molecule has 2 aromatic carbocycles. The number of carbonyl (C=O) groups is 2. The number of nitrogens with zero attached hydrogens (tertiary/aromatic N) is 2. The maximum atomic E-state index is 12.5. The zero-order chi connectivity index (χ0) is 20.2. The summed E-state index contributed by atoms with van der Waals surface area (Å²) in [4.78, 5) is 28.8. The van der Waals surface area contributed by atoms with E-state index in [2.05, 4.69) is 10.2 Å². The van der Waals surface area contributed by atoms with Crippen LogP contribution in [0.25, 0.3) is 0 Å².